The van der Waals surface area contributed by atoms with Gasteiger partial charge in [0.1, 0.15) is 16.7 Å². The third kappa shape index (κ3) is 3.90. The Kier molecular flexibility index (Phi) is 5.77. The molecule has 1 aliphatic heterocycles. The van der Waals surface area contributed by atoms with E-state index in [0.29, 0.717) is 41.1 Å². The minimum absolute atomic E-state index is 0.00887. The molecule has 3 aromatic rings. The number of hydrogen-bond donors (Lipinski definition) is 1. The zero-order valence-electron chi connectivity index (χ0n) is 20.7. The molecule has 0 bridgehead atoms. The number of methoxy groups -OCH3 is 1. The molecule has 6 nitrogen and oxygen atoms in total. The molecule has 2 aromatic carbocycles. The van der Waals surface area contributed by atoms with Gasteiger partial charge in [0.25, 0.3) is 0 Å². The summed E-state index contributed by atoms with van der Waals surface area (Å²) in [5.74, 6) is 0.270. The van der Waals surface area contributed by atoms with Crippen molar-refractivity contribution in [2.24, 2.45) is 11.1 Å². The predicted octanol–water partition coefficient (Wildman–Crippen LogP) is 6.15. The second kappa shape index (κ2) is 8.69. The number of fused-ring (bicyclic) bond motifs is 1. The van der Waals surface area contributed by atoms with Crippen LogP contribution in [0.1, 0.15) is 43.7 Å². The highest BCUT2D eigenvalue weighted by Crippen LogP contribution is 2.51. The lowest BCUT2D eigenvalue weighted by molar-refractivity contribution is -0.118. The molecule has 182 valence electrons. The number of pyridine rings is 1. The number of rotatable bonds is 3. The van der Waals surface area contributed by atoms with Gasteiger partial charge in [-0.1, -0.05) is 43.1 Å². The average molecular weight is 499 g/mol. The number of benzene rings is 2. The molecule has 2 N–H and O–H groups in total. The molecule has 0 saturated heterocycles. The first kappa shape index (κ1) is 23.9. The first-order valence-electron chi connectivity index (χ1n) is 11.8. The maximum Gasteiger partial charge on any atom is 0.162 e. The quantitative estimate of drug-likeness (QED) is 0.435. The second-order valence-corrected chi connectivity index (χ2v) is 10.6. The lowest BCUT2D eigenvalue weighted by atomic mass is 9.68. The van der Waals surface area contributed by atoms with Crippen molar-refractivity contribution in [3.63, 3.8) is 0 Å². The number of aromatic nitrogens is 1. The van der Waals surface area contributed by atoms with Gasteiger partial charge in [0, 0.05) is 34.3 Å². The van der Waals surface area contributed by atoms with Crippen LogP contribution in [0.25, 0.3) is 10.9 Å². The number of nitriles is 1. The number of carbonyl (C=O) groups is 1. The largest absolute Gasteiger partial charge is 0.497 e. The monoisotopic (exact) mass is 498 g/mol. The predicted molar refractivity (Wildman–Crippen MR) is 142 cm³/mol. The Hall–Kier alpha value is -3.82. The Bertz CT molecular complexity index is 1510. The zero-order chi connectivity index (χ0) is 25.8. The Morgan fingerprint density at radius 2 is 1.89 bits per heavy atom. The van der Waals surface area contributed by atoms with E-state index >= 15 is 0 Å². The summed E-state index contributed by atoms with van der Waals surface area (Å²) in [5.41, 5.74) is 11.3. The molecule has 1 unspecified atom stereocenters. The van der Waals surface area contributed by atoms with E-state index in [2.05, 4.69) is 24.9 Å². The van der Waals surface area contributed by atoms with Crippen molar-refractivity contribution >= 4 is 34.0 Å². The molecule has 2 aliphatic rings. The van der Waals surface area contributed by atoms with E-state index in [1.54, 1.807) is 7.11 Å². The van der Waals surface area contributed by atoms with Gasteiger partial charge < -0.3 is 10.5 Å². The van der Waals surface area contributed by atoms with Gasteiger partial charge in [-0.05, 0) is 55.2 Å². The number of nitrogens with zero attached hydrogens (tertiary/aromatic N) is 3. The number of hydrogen-bond acceptors (Lipinski definition) is 6. The van der Waals surface area contributed by atoms with Crippen LogP contribution in [0.2, 0.25) is 5.15 Å². The van der Waals surface area contributed by atoms with Crippen LogP contribution in [0.5, 0.6) is 5.75 Å². The van der Waals surface area contributed by atoms with E-state index in [4.69, 9.17) is 22.1 Å². The lowest BCUT2D eigenvalue weighted by Gasteiger charge is -2.43. The minimum Gasteiger partial charge on any atom is -0.497 e. The fourth-order valence-corrected chi connectivity index (χ4v) is 5.54. The number of aryl methyl sites for hydroxylation is 1. The summed E-state index contributed by atoms with van der Waals surface area (Å²) < 4.78 is 5.38. The summed E-state index contributed by atoms with van der Waals surface area (Å²) in [5, 5.41) is 11.4. The van der Waals surface area contributed by atoms with Crippen molar-refractivity contribution in [2.45, 2.75) is 39.5 Å². The molecule has 7 heteroatoms. The Morgan fingerprint density at radius 1 is 1.17 bits per heavy atom. The van der Waals surface area contributed by atoms with Crippen molar-refractivity contribution in [3.8, 4) is 11.8 Å². The van der Waals surface area contributed by atoms with Crippen molar-refractivity contribution < 1.29 is 9.53 Å². The third-order valence-corrected chi connectivity index (χ3v) is 7.29. The smallest absolute Gasteiger partial charge is 0.162 e. The lowest BCUT2D eigenvalue weighted by Crippen LogP contribution is -2.42. The van der Waals surface area contributed by atoms with E-state index in [1.165, 1.54) is 0 Å². The van der Waals surface area contributed by atoms with Crippen LogP contribution in [0.3, 0.4) is 0 Å². The number of anilines is 1. The van der Waals surface area contributed by atoms with Gasteiger partial charge in [0.2, 0.25) is 0 Å². The number of carbonyl (C=O) groups excluding carboxylic acids is 1. The first-order chi connectivity index (χ1) is 17.1. The van der Waals surface area contributed by atoms with Gasteiger partial charge in [-0.25, -0.2) is 4.98 Å². The molecule has 0 fully saturated rings. The van der Waals surface area contributed by atoms with E-state index in [1.807, 2.05) is 60.4 Å². The fourth-order valence-electron chi connectivity index (χ4n) is 5.29. The van der Waals surface area contributed by atoms with Crippen LogP contribution < -0.4 is 15.4 Å². The second-order valence-electron chi connectivity index (χ2n) is 10.2. The maximum absolute atomic E-state index is 13.8. The highest BCUT2D eigenvalue weighted by atomic mass is 35.5. The maximum atomic E-state index is 13.8. The van der Waals surface area contributed by atoms with Crippen molar-refractivity contribution in [2.75, 3.05) is 12.0 Å². The normalized spacial score (nSPS) is 19.4. The first-order valence-corrected chi connectivity index (χ1v) is 12.2. The minimum atomic E-state index is -0.703. The fraction of sp³-hybridized carbons (Fsp3) is 0.276. The summed E-state index contributed by atoms with van der Waals surface area (Å²) in [6.45, 7) is 6.17. The van der Waals surface area contributed by atoms with Crippen LogP contribution in [0, 0.1) is 23.7 Å². The standard InChI is InChI=1S/C29H27ClN4O2/c1-16-5-7-18(8-6-16)34-23-13-29(2,3)14-24(35)26(23)25(21(15-31)28(34)32)20-12-17-11-19(36-4)9-10-22(17)33-27(20)30/h5-12,25H,13-14,32H2,1-4H3. The highest BCUT2D eigenvalue weighted by Gasteiger charge is 2.45. The van der Waals surface area contributed by atoms with Crippen molar-refractivity contribution in [1.82, 2.24) is 4.98 Å². The molecule has 2 heterocycles. The summed E-state index contributed by atoms with van der Waals surface area (Å²) in [7, 11) is 1.60. The van der Waals surface area contributed by atoms with Gasteiger partial charge in [-0.3, -0.25) is 9.69 Å². The van der Waals surface area contributed by atoms with E-state index in [0.717, 1.165) is 22.3 Å². The van der Waals surface area contributed by atoms with Crippen molar-refractivity contribution in [3.05, 3.63) is 87.5 Å². The third-order valence-electron chi connectivity index (χ3n) is 6.99. The number of nitrogens with two attached hydrogens (primary N) is 1. The Morgan fingerprint density at radius 3 is 2.56 bits per heavy atom. The molecule has 5 rings (SSSR count). The summed E-state index contributed by atoms with van der Waals surface area (Å²) in [6.07, 6.45) is 0.999. The average Bonchev–Trinajstić information content (AvgIpc) is 2.83. The molecule has 1 atom stereocenters. The van der Waals surface area contributed by atoms with E-state index < -0.39 is 5.92 Å². The molecule has 1 aliphatic carbocycles. The SMILES string of the molecule is COc1ccc2nc(Cl)c(C3C(C#N)=C(N)N(c4ccc(C)cc4)C4=C3C(=O)CC(C)(C)C4)cc2c1. The number of ether oxygens (including phenoxy) is 1. The molecule has 0 radical (unpaired) electrons. The number of ketones is 1. The summed E-state index contributed by atoms with van der Waals surface area (Å²) >= 11 is 6.72. The molecular formula is C29H27ClN4O2. The molecule has 0 spiro atoms. The van der Waals surface area contributed by atoms with Crippen LogP contribution in [0.15, 0.2) is 71.2 Å². The van der Waals surface area contributed by atoms with E-state index in [9.17, 15) is 10.1 Å². The molecule has 0 saturated carbocycles. The topological polar surface area (TPSA) is 92.2 Å². The van der Waals surface area contributed by atoms with Crippen molar-refractivity contribution in [1.29, 1.82) is 5.26 Å². The number of halogens is 1. The van der Waals surface area contributed by atoms with Gasteiger partial charge in [0.05, 0.1) is 30.2 Å². The van der Waals surface area contributed by atoms with E-state index in [-0.39, 0.29) is 21.9 Å². The highest BCUT2D eigenvalue weighted by molar-refractivity contribution is 6.31. The van der Waals surface area contributed by atoms with Crippen LogP contribution in [0.4, 0.5) is 5.69 Å². The Balaban J connectivity index is 1.79. The Labute approximate surface area is 215 Å². The zero-order valence-corrected chi connectivity index (χ0v) is 21.5. The van der Waals surface area contributed by atoms with Gasteiger partial charge >= 0.3 is 0 Å². The number of allylic oxidation sites excluding steroid dienone is 3. The van der Waals surface area contributed by atoms with Crippen LogP contribution in [-0.2, 0) is 4.79 Å². The van der Waals surface area contributed by atoms with Crippen LogP contribution in [-0.4, -0.2) is 17.9 Å². The van der Waals surface area contributed by atoms with Gasteiger partial charge in [-0.2, -0.15) is 5.26 Å². The molecule has 1 aromatic heterocycles. The number of Topliss-reactive ketones (excluding diaryl/α,β-unsaturated/α-hetero) is 1. The van der Waals surface area contributed by atoms with Gasteiger partial charge in [-0.15, -0.1) is 0 Å². The summed E-state index contributed by atoms with van der Waals surface area (Å²) in [4.78, 5) is 20.2. The molecular weight excluding hydrogens is 472 g/mol. The summed E-state index contributed by atoms with van der Waals surface area (Å²) in [6, 6.07) is 17.6. The van der Waals surface area contributed by atoms with Crippen LogP contribution >= 0.6 is 11.6 Å². The van der Waals surface area contributed by atoms with Gasteiger partial charge in [0.15, 0.2) is 5.78 Å². The molecule has 0 amide bonds. The molecule has 36 heavy (non-hydrogen) atoms.